The Bertz CT molecular complexity index is 728. The molecule has 2 heterocycles. The van der Waals surface area contributed by atoms with E-state index < -0.39 is 17.8 Å². The number of hydrogen-bond donors (Lipinski definition) is 1. The van der Waals surface area contributed by atoms with Crippen molar-refractivity contribution in [2.45, 2.75) is 19.3 Å². The molecule has 2 aromatic rings. The molecule has 0 saturated carbocycles. The molecular formula is C14H12F3N3O3. The average Bonchev–Trinajstić information content (AvgIpc) is 3.12. The molecule has 0 spiro atoms. The SMILES string of the molecule is O=C(Cn1ccc(C(F)(F)F)n1)NCc1ccc2c(c1)OCO2. The smallest absolute Gasteiger partial charge is 0.435 e. The Hall–Kier alpha value is -2.71. The molecule has 0 unspecified atom stereocenters. The Morgan fingerprint density at radius 2 is 2.04 bits per heavy atom. The van der Waals surface area contributed by atoms with Crippen LogP contribution in [0.15, 0.2) is 30.5 Å². The highest BCUT2D eigenvalue weighted by atomic mass is 19.4. The highest BCUT2D eigenvalue weighted by molar-refractivity contribution is 5.75. The number of nitrogens with one attached hydrogen (secondary N) is 1. The average molecular weight is 327 g/mol. The number of alkyl halides is 3. The second-order valence-electron chi connectivity index (χ2n) is 4.86. The van der Waals surface area contributed by atoms with E-state index in [1.54, 1.807) is 18.2 Å². The molecular weight excluding hydrogens is 315 g/mol. The number of ether oxygens (including phenoxy) is 2. The van der Waals surface area contributed by atoms with E-state index in [1.165, 1.54) is 0 Å². The maximum absolute atomic E-state index is 12.4. The minimum atomic E-state index is -4.52. The maximum atomic E-state index is 12.4. The van der Waals surface area contributed by atoms with Crippen molar-refractivity contribution in [1.82, 2.24) is 15.1 Å². The molecule has 23 heavy (non-hydrogen) atoms. The maximum Gasteiger partial charge on any atom is 0.435 e. The highest BCUT2D eigenvalue weighted by Crippen LogP contribution is 2.32. The van der Waals surface area contributed by atoms with E-state index in [2.05, 4.69) is 10.4 Å². The third-order valence-electron chi connectivity index (χ3n) is 3.16. The number of amides is 1. The molecule has 9 heteroatoms. The van der Waals surface area contributed by atoms with Crippen LogP contribution in [0.5, 0.6) is 11.5 Å². The molecule has 0 aliphatic carbocycles. The number of carbonyl (C=O) groups is 1. The van der Waals surface area contributed by atoms with Gasteiger partial charge in [0.05, 0.1) is 0 Å². The summed E-state index contributed by atoms with van der Waals surface area (Å²) in [6, 6.07) is 6.06. The number of carbonyl (C=O) groups excluding carboxylic acids is 1. The van der Waals surface area contributed by atoms with Gasteiger partial charge in [0.1, 0.15) is 6.54 Å². The van der Waals surface area contributed by atoms with Gasteiger partial charge in [-0.15, -0.1) is 0 Å². The van der Waals surface area contributed by atoms with E-state index in [-0.39, 0.29) is 19.9 Å². The number of benzene rings is 1. The molecule has 0 saturated heterocycles. The van der Waals surface area contributed by atoms with Crippen molar-refractivity contribution in [1.29, 1.82) is 0 Å². The standard InChI is InChI=1S/C14H12F3N3O3/c15-14(16,17)12-3-4-20(19-12)7-13(21)18-6-9-1-2-10-11(5-9)23-8-22-10/h1-5H,6-8H2,(H,18,21). The van der Waals surface area contributed by atoms with Gasteiger partial charge >= 0.3 is 6.18 Å². The minimum Gasteiger partial charge on any atom is -0.454 e. The molecule has 3 rings (SSSR count). The van der Waals surface area contributed by atoms with Gasteiger partial charge in [-0.1, -0.05) is 6.07 Å². The van der Waals surface area contributed by atoms with Crippen LogP contribution in [0.2, 0.25) is 0 Å². The van der Waals surface area contributed by atoms with Gasteiger partial charge in [0, 0.05) is 12.7 Å². The largest absolute Gasteiger partial charge is 0.454 e. The molecule has 1 aromatic carbocycles. The normalized spacial score (nSPS) is 13.2. The van der Waals surface area contributed by atoms with Gasteiger partial charge in [-0.25, -0.2) is 0 Å². The number of halogens is 3. The molecule has 1 aliphatic heterocycles. The van der Waals surface area contributed by atoms with Crippen molar-refractivity contribution >= 4 is 5.91 Å². The molecule has 1 aromatic heterocycles. The first-order valence-corrected chi connectivity index (χ1v) is 6.68. The van der Waals surface area contributed by atoms with Gasteiger partial charge in [0.15, 0.2) is 17.2 Å². The van der Waals surface area contributed by atoms with Crippen molar-refractivity contribution < 1.29 is 27.4 Å². The fourth-order valence-corrected chi connectivity index (χ4v) is 2.06. The van der Waals surface area contributed by atoms with Gasteiger partial charge in [-0.3, -0.25) is 9.48 Å². The molecule has 0 atom stereocenters. The fraction of sp³-hybridized carbons (Fsp3) is 0.286. The summed E-state index contributed by atoms with van der Waals surface area (Å²) < 4.78 is 48.6. The first kappa shape index (κ1) is 15.2. The van der Waals surface area contributed by atoms with E-state index in [9.17, 15) is 18.0 Å². The molecule has 122 valence electrons. The Labute approximate surface area is 128 Å². The van der Waals surface area contributed by atoms with E-state index in [0.29, 0.717) is 11.5 Å². The number of aromatic nitrogens is 2. The Balaban J connectivity index is 1.54. The van der Waals surface area contributed by atoms with Crippen LogP contribution >= 0.6 is 0 Å². The third-order valence-corrected chi connectivity index (χ3v) is 3.16. The van der Waals surface area contributed by atoms with Crippen molar-refractivity contribution in [3.63, 3.8) is 0 Å². The van der Waals surface area contributed by atoms with Crippen LogP contribution in [0, 0.1) is 0 Å². The molecule has 0 radical (unpaired) electrons. The summed E-state index contributed by atoms with van der Waals surface area (Å²) >= 11 is 0. The van der Waals surface area contributed by atoms with E-state index in [4.69, 9.17) is 9.47 Å². The topological polar surface area (TPSA) is 65.4 Å². The predicted octanol–water partition coefficient (Wildman–Crippen LogP) is 1.95. The zero-order valence-electron chi connectivity index (χ0n) is 11.8. The van der Waals surface area contributed by atoms with Gasteiger partial charge < -0.3 is 14.8 Å². The van der Waals surface area contributed by atoms with Crippen LogP contribution in [0.3, 0.4) is 0 Å². The third kappa shape index (κ3) is 3.55. The number of rotatable bonds is 4. The Morgan fingerprint density at radius 3 is 2.78 bits per heavy atom. The van der Waals surface area contributed by atoms with Crippen LogP contribution in [0.4, 0.5) is 13.2 Å². The summed E-state index contributed by atoms with van der Waals surface area (Å²) in [5.74, 6) is 0.787. The molecule has 1 amide bonds. The number of nitrogens with zero attached hydrogens (tertiary/aromatic N) is 2. The first-order valence-electron chi connectivity index (χ1n) is 6.68. The molecule has 1 N–H and O–H groups in total. The van der Waals surface area contributed by atoms with Gasteiger partial charge in [-0.05, 0) is 23.8 Å². The Morgan fingerprint density at radius 1 is 1.26 bits per heavy atom. The quantitative estimate of drug-likeness (QED) is 0.932. The van der Waals surface area contributed by atoms with Gasteiger partial charge in [0.25, 0.3) is 0 Å². The summed E-state index contributed by atoms with van der Waals surface area (Å²) in [5, 5.41) is 5.93. The molecule has 0 bridgehead atoms. The predicted molar refractivity (Wildman–Crippen MR) is 71.6 cm³/mol. The van der Waals surface area contributed by atoms with Crippen LogP contribution < -0.4 is 14.8 Å². The van der Waals surface area contributed by atoms with E-state index >= 15 is 0 Å². The minimum absolute atomic E-state index is 0.159. The number of fused-ring (bicyclic) bond motifs is 1. The lowest BCUT2D eigenvalue weighted by Crippen LogP contribution is -2.27. The number of hydrogen-bond acceptors (Lipinski definition) is 4. The van der Waals surface area contributed by atoms with Gasteiger partial charge in [0.2, 0.25) is 12.7 Å². The monoisotopic (exact) mass is 327 g/mol. The van der Waals surface area contributed by atoms with Crippen molar-refractivity contribution in [2.75, 3.05) is 6.79 Å². The van der Waals surface area contributed by atoms with Gasteiger partial charge in [-0.2, -0.15) is 18.3 Å². The van der Waals surface area contributed by atoms with Crippen LogP contribution in [-0.2, 0) is 24.1 Å². The fourth-order valence-electron chi connectivity index (χ4n) is 2.06. The lowest BCUT2D eigenvalue weighted by molar-refractivity contribution is -0.141. The summed E-state index contributed by atoms with van der Waals surface area (Å²) in [7, 11) is 0. The van der Waals surface area contributed by atoms with Crippen molar-refractivity contribution in [3.8, 4) is 11.5 Å². The van der Waals surface area contributed by atoms with Crippen LogP contribution in [0.1, 0.15) is 11.3 Å². The Kier molecular flexibility index (Phi) is 3.85. The summed E-state index contributed by atoms with van der Waals surface area (Å²) in [6.45, 7) is 0.0927. The lowest BCUT2D eigenvalue weighted by Gasteiger charge is -2.07. The van der Waals surface area contributed by atoms with Crippen LogP contribution in [-0.4, -0.2) is 22.5 Å². The first-order chi connectivity index (χ1) is 10.9. The molecule has 6 nitrogen and oxygen atoms in total. The lowest BCUT2D eigenvalue weighted by atomic mass is 10.2. The van der Waals surface area contributed by atoms with E-state index in [1.807, 2.05) is 0 Å². The zero-order chi connectivity index (χ0) is 16.4. The second kappa shape index (κ2) is 5.82. The van der Waals surface area contributed by atoms with E-state index in [0.717, 1.165) is 22.5 Å². The van der Waals surface area contributed by atoms with Crippen molar-refractivity contribution in [3.05, 3.63) is 41.7 Å². The summed E-state index contributed by atoms with van der Waals surface area (Å²) in [6.07, 6.45) is -3.41. The highest BCUT2D eigenvalue weighted by Gasteiger charge is 2.33. The van der Waals surface area contributed by atoms with Crippen molar-refractivity contribution in [2.24, 2.45) is 0 Å². The zero-order valence-corrected chi connectivity index (χ0v) is 11.8. The molecule has 1 aliphatic rings. The second-order valence-corrected chi connectivity index (χ2v) is 4.86. The summed E-state index contributed by atoms with van der Waals surface area (Å²) in [5.41, 5.74) is -0.236. The van der Waals surface area contributed by atoms with Crippen LogP contribution in [0.25, 0.3) is 0 Å². The summed E-state index contributed by atoms with van der Waals surface area (Å²) in [4.78, 5) is 11.8. The molecule has 0 fully saturated rings.